The smallest absolute Gasteiger partial charge is 0.427 e. The Balaban J connectivity index is 2.99. The van der Waals surface area contributed by atoms with Crippen LogP contribution in [-0.4, -0.2) is 28.7 Å². The Morgan fingerprint density at radius 1 is 1.22 bits per heavy atom. The number of rotatable bonds is 4. The van der Waals surface area contributed by atoms with Crippen molar-refractivity contribution in [2.24, 2.45) is 0 Å². The number of carbonyl (C=O) groups excluding carboxylic acids is 1. The Labute approximate surface area is 108 Å². The highest BCUT2D eigenvalue weighted by molar-refractivity contribution is 8.12. The van der Waals surface area contributed by atoms with Gasteiger partial charge >= 0.3 is 15.3 Å². The molecule has 100 valence electrons. The average Bonchev–Trinajstić information content (AvgIpc) is 2.26. The first-order valence-electron chi connectivity index (χ1n) is 4.52. The molecular formula is C9H10ClNO6S. The van der Waals surface area contributed by atoms with E-state index in [0.717, 1.165) is 0 Å². The van der Waals surface area contributed by atoms with Crippen LogP contribution in [0.15, 0.2) is 18.2 Å². The number of hydrogen-bond acceptors (Lipinski definition) is 6. The first-order valence-corrected chi connectivity index (χ1v) is 6.83. The van der Waals surface area contributed by atoms with Crippen LogP contribution in [0, 0.1) is 0 Å². The van der Waals surface area contributed by atoms with Gasteiger partial charge in [0.15, 0.2) is 11.5 Å². The molecule has 1 aromatic carbocycles. The van der Waals surface area contributed by atoms with Crippen molar-refractivity contribution in [3.05, 3.63) is 18.2 Å². The Hall–Kier alpha value is -1.67. The summed E-state index contributed by atoms with van der Waals surface area (Å²) in [5.74, 6) is 0.355. The van der Waals surface area contributed by atoms with Gasteiger partial charge in [-0.15, -0.1) is 0 Å². The zero-order valence-corrected chi connectivity index (χ0v) is 11.0. The lowest BCUT2D eigenvalue weighted by Crippen LogP contribution is -2.29. The molecule has 1 N–H and O–H groups in total. The average molecular weight is 296 g/mol. The molecule has 1 aromatic rings. The molecule has 0 aliphatic heterocycles. The van der Waals surface area contributed by atoms with E-state index >= 15 is 0 Å². The minimum absolute atomic E-state index is 0.0553. The van der Waals surface area contributed by atoms with Gasteiger partial charge < -0.3 is 14.2 Å². The maximum absolute atomic E-state index is 11.3. The first-order chi connectivity index (χ1) is 8.37. The molecule has 0 unspecified atom stereocenters. The highest BCUT2D eigenvalue weighted by Crippen LogP contribution is 2.36. The van der Waals surface area contributed by atoms with Gasteiger partial charge in [0.25, 0.3) is 0 Å². The fourth-order valence-electron chi connectivity index (χ4n) is 1.13. The summed E-state index contributed by atoms with van der Waals surface area (Å²) in [6.45, 7) is 0. The van der Waals surface area contributed by atoms with E-state index in [0.29, 0.717) is 0 Å². The SMILES string of the molecule is COc1cccc(OC)c1OC(=O)NS(=O)(=O)Cl. The molecule has 0 bridgehead atoms. The fourth-order valence-corrected chi connectivity index (χ4v) is 1.56. The van der Waals surface area contributed by atoms with E-state index in [2.05, 4.69) is 0 Å². The monoisotopic (exact) mass is 295 g/mol. The van der Waals surface area contributed by atoms with Gasteiger partial charge in [-0.2, -0.15) is 8.42 Å². The number of amides is 1. The maximum Gasteiger partial charge on any atom is 0.427 e. The van der Waals surface area contributed by atoms with E-state index in [1.807, 2.05) is 0 Å². The summed E-state index contributed by atoms with van der Waals surface area (Å²) in [4.78, 5) is 11.3. The second-order valence-corrected chi connectivity index (χ2v) is 5.22. The number of carbonyl (C=O) groups is 1. The molecule has 0 aliphatic carbocycles. The third-order valence-corrected chi connectivity index (χ3v) is 2.42. The van der Waals surface area contributed by atoms with Crippen molar-refractivity contribution in [1.82, 2.24) is 4.72 Å². The summed E-state index contributed by atoms with van der Waals surface area (Å²) in [7, 11) is 3.34. The lowest BCUT2D eigenvalue weighted by atomic mass is 10.3. The Kier molecular flexibility index (Phi) is 4.62. The van der Waals surface area contributed by atoms with Crippen LogP contribution in [-0.2, 0) is 9.24 Å². The van der Waals surface area contributed by atoms with Crippen LogP contribution >= 0.6 is 10.7 Å². The van der Waals surface area contributed by atoms with Crippen molar-refractivity contribution in [2.75, 3.05) is 14.2 Å². The second kappa shape index (κ2) is 5.78. The summed E-state index contributed by atoms with van der Waals surface area (Å²) in [5, 5.41) is 0. The Bertz CT molecular complexity index is 522. The normalized spacial score (nSPS) is 10.6. The van der Waals surface area contributed by atoms with Crippen LogP contribution in [0.5, 0.6) is 17.2 Å². The molecule has 0 saturated heterocycles. The number of halogens is 1. The highest BCUT2D eigenvalue weighted by atomic mass is 35.7. The van der Waals surface area contributed by atoms with E-state index in [1.165, 1.54) is 31.1 Å². The molecule has 0 atom stereocenters. The van der Waals surface area contributed by atoms with Gasteiger partial charge in [-0.3, -0.25) is 0 Å². The minimum atomic E-state index is -4.22. The second-order valence-electron chi connectivity index (χ2n) is 2.92. The number of para-hydroxylation sites is 1. The molecule has 0 spiro atoms. The molecule has 0 saturated carbocycles. The summed E-state index contributed by atoms with van der Waals surface area (Å²) in [6, 6.07) is 4.64. The summed E-state index contributed by atoms with van der Waals surface area (Å²) in [6.07, 6.45) is -1.27. The summed E-state index contributed by atoms with van der Waals surface area (Å²) in [5.41, 5.74) is 0. The molecule has 0 heterocycles. The maximum atomic E-state index is 11.3. The van der Waals surface area contributed by atoms with Gasteiger partial charge in [0, 0.05) is 10.7 Å². The van der Waals surface area contributed by atoms with E-state index < -0.39 is 15.3 Å². The Morgan fingerprint density at radius 2 is 1.72 bits per heavy atom. The lowest BCUT2D eigenvalue weighted by Gasteiger charge is -2.12. The topological polar surface area (TPSA) is 90.9 Å². The fraction of sp³-hybridized carbons (Fsp3) is 0.222. The molecule has 0 fully saturated rings. The number of ether oxygens (including phenoxy) is 3. The Morgan fingerprint density at radius 3 is 2.11 bits per heavy atom. The standard InChI is InChI=1S/C9H10ClNO6S/c1-15-6-4-3-5-7(16-2)8(6)17-9(12)11-18(10,13)14/h3-5H,1-2H3,(H,11,12). The lowest BCUT2D eigenvalue weighted by molar-refractivity contribution is 0.202. The quantitative estimate of drug-likeness (QED) is 0.841. The van der Waals surface area contributed by atoms with Crippen LogP contribution in [0.2, 0.25) is 0 Å². The largest absolute Gasteiger partial charge is 0.493 e. The van der Waals surface area contributed by atoms with Crippen molar-refractivity contribution >= 4 is 26.0 Å². The molecule has 0 aromatic heterocycles. The highest BCUT2D eigenvalue weighted by Gasteiger charge is 2.18. The summed E-state index contributed by atoms with van der Waals surface area (Å²) >= 11 is 0. The van der Waals surface area contributed by atoms with Gasteiger partial charge in [0.2, 0.25) is 5.75 Å². The number of nitrogens with one attached hydrogen (secondary N) is 1. The predicted molar refractivity (Wildman–Crippen MR) is 63.5 cm³/mol. The van der Waals surface area contributed by atoms with Crippen LogP contribution in [0.3, 0.4) is 0 Å². The van der Waals surface area contributed by atoms with Crippen LogP contribution in [0.25, 0.3) is 0 Å². The predicted octanol–water partition coefficient (Wildman–Crippen LogP) is 1.28. The molecule has 7 nitrogen and oxygen atoms in total. The molecule has 18 heavy (non-hydrogen) atoms. The summed E-state index contributed by atoms with van der Waals surface area (Å²) < 4.78 is 37.4. The van der Waals surface area contributed by atoms with Crippen LogP contribution in [0.4, 0.5) is 4.79 Å². The molecular weight excluding hydrogens is 286 g/mol. The van der Waals surface area contributed by atoms with Gasteiger partial charge in [-0.1, -0.05) is 6.07 Å². The van der Waals surface area contributed by atoms with Gasteiger partial charge in [-0.05, 0) is 12.1 Å². The molecule has 1 rings (SSSR count). The van der Waals surface area contributed by atoms with Crippen LogP contribution in [0.1, 0.15) is 0 Å². The third kappa shape index (κ3) is 3.97. The van der Waals surface area contributed by atoms with E-state index in [-0.39, 0.29) is 17.2 Å². The van der Waals surface area contributed by atoms with Gasteiger partial charge in [0.05, 0.1) is 14.2 Å². The number of methoxy groups -OCH3 is 2. The van der Waals surface area contributed by atoms with E-state index in [9.17, 15) is 13.2 Å². The molecule has 0 radical (unpaired) electrons. The van der Waals surface area contributed by atoms with E-state index in [1.54, 1.807) is 6.07 Å². The molecule has 9 heteroatoms. The van der Waals surface area contributed by atoms with Crippen LogP contribution < -0.4 is 18.9 Å². The van der Waals surface area contributed by atoms with Gasteiger partial charge in [-0.25, -0.2) is 9.52 Å². The van der Waals surface area contributed by atoms with Gasteiger partial charge in [0.1, 0.15) is 0 Å². The molecule has 0 aliphatic rings. The molecule has 1 amide bonds. The number of benzene rings is 1. The van der Waals surface area contributed by atoms with Crippen molar-refractivity contribution in [3.63, 3.8) is 0 Å². The van der Waals surface area contributed by atoms with Crippen molar-refractivity contribution in [1.29, 1.82) is 0 Å². The number of hydrogen-bond donors (Lipinski definition) is 1. The zero-order chi connectivity index (χ0) is 13.8. The van der Waals surface area contributed by atoms with E-state index in [4.69, 9.17) is 24.9 Å². The first kappa shape index (κ1) is 14.4. The third-order valence-electron chi connectivity index (χ3n) is 1.78. The minimum Gasteiger partial charge on any atom is -0.493 e. The van der Waals surface area contributed by atoms with Crippen molar-refractivity contribution in [3.8, 4) is 17.2 Å². The van der Waals surface area contributed by atoms with Crippen molar-refractivity contribution in [2.45, 2.75) is 0 Å². The zero-order valence-electron chi connectivity index (χ0n) is 9.47. The van der Waals surface area contributed by atoms with Crippen molar-refractivity contribution < 1.29 is 27.4 Å².